The first-order valence-electron chi connectivity index (χ1n) is 3.75. The molecule has 1 rings (SSSR count). The Morgan fingerprint density at radius 3 is 2.71 bits per heavy atom. The van der Waals surface area contributed by atoms with Gasteiger partial charge in [0.15, 0.2) is 5.69 Å². The predicted octanol–water partition coefficient (Wildman–Crippen LogP) is 1.06. The van der Waals surface area contributed by atoms with E-state index in [2.05, 4.69) is 15.5 Å². The number of rotatable bonds is 2. The molecule has 0 spiro atoms. The van der Waals surface area contributed by atoms with E-state index >= 15 is 0 Å². The summed E-state index contributed by atoms with van der Waals surface area (Å²) in [5.74, 6) is -0.312. The average Bonchev–Trinajstić information content (AvgIpc) is 2.47. The van der Waals surface area contributed by atoms with Gasteiger partial charge in [-0.15, -0.1) is 0 Å². The number of carbonyl (C=O) groups excluding carboxylic acids is 1. The lowest BCUT2D eigenvalue weighted by molar-refractivity contribution is -0.141. The lowest BCUT2D eigenvalue weighted by Gasteiger charge is -1.99. The van der Waals surface area contributed by atoms with Crippen LogP contribution in [0.15, 0.2) is 6.07 Å². The Hall–Kier alpha value is -1.53. The SMILES string of the molecule is CC(=O)NCc1cc(C(F)(F)F)n[nH]1. The minimum atomic E-state index is -4.45. The molecule has 0 saturated carbocycles. The summed E-state index contributed by atoms with van der Waals surface area (Å²) in [6.45, 7) is 1.29. The van der Waals surface area contributed by atoms with Gasteiger partial charge in [-0.3, -0.25) is 9.89 Å². The molecule has 7 heteroatoms. The maximum absolute atomic E-state index is 12.0. The Morgan fingerprint density at radius 2 is 2.29 bits per heavy atom. The van der Waals surface area contributed by atoms with Crippen LogP contribution in [-0.4, -0.2) is 16.1 Å². The van der Waals surface area contributed by atoms with Gasteiger partial charge in [-0.1, -0.05) is 0 Å². The van der Waals surface area contributed by atoms with Crippen LogP contribution in [-0.2, 0) is 17.5 Å². The number of alkyl halides is 3. The molecule has 0 aliphatic carbocycles. The number of aromatic amines is 1. The minimum Gasteiger partial charge on any atom is -0.351 e. The highest BCUT2D eigenvalue weighted by atomic mass is 19.4. The zero-order valence-electron chi connectivity index (χ0n) is 7.27. The molecule has 1 aromatic heterocycles. The van der Waals surface area contributed by atoms with Crippen LogP contribution in [0.4, 0.5) is 13.2 Å². The van der Waals surface area contributed by atoms with Gasteiger partial charge >= 0.3 is 6.18 Å². The summed E-state index contributed by atoms with van der Waals surface area (Å²) in [7, 11) is 0. The second-order valence-electron chi connectivity index (χ2n) is 2.69. The van der Waals surface area contributed by atoms with Gasteiger partial charge < -0.3 is 5.32 Å². The number of amides is 1. The summed E-state index contributed by atoms with van der Waals surface area (Å²) in [5.41, 5.74) is -0.773. The molecule has 1 aromatic rings. The van der Waals surface area contributed by atoms with E-state index < -0.39 is 11.9 Å². The van der Waals surface area contributed by atoms with E-state index in [0.717, 1.165) is 6.07 Å². The molecular formula is C7H8F3N3O. The predicted molar refractivity (Wildman–Crippen MR) is 41.1 cm³/mol. The fourth-order valence-corrected chi connectivity index (χ4v) is 0.817. The van der Waals surface area contributed by atoms with Crippen molar-refractivity contribution in [2.45, 2.75) is 19.6 Å². The molecule has 0 aromatic carbocycles. The third-order valence-electron chi connectivity index (χ3n) is 1.45. The van der Waals surface area contributed by atoms with Crippen LogP contribution in [0.5, 0.6) is 0 Å². The van der Waals surface area contributed by atoms with Crippen molar-refractivity contribution in [3.63, 3.8) is 0 Å². The highest BCUT2D eigenvalue weighted by Crippen LogP contribution is 2.27. The molecule has 1 heterocycles. The Morgan fingerprint density at radius 1 is 1.64 bits per heavy atom. The summed E-state index contributed by atoms with van der Waals surface area (Å²) in [6.07, 6.45) is -4.45. The number of aromatic nitrogens is 2. The smallest absolute Gasteiger partial charge is 0.351 e. The van der Waals surface area contributed by atoms with Gasteiger partial charge in [0.05, 0.1) is 12.2 Å². The number of nitrogens with zero attached hydrogens (tertiary/aromatic N) is 1. The maximum atomic E-state index is 12.0. The van der Waals surface area contributed by atoms with Crippen molar-refractivity contribution < 1.29 is 18.0 Å². The van der Waals surface area contributed by atoms with Crippen molar-refractivity contribution in [2.24, 2.45) is 0 Å². The van der Waals surface area contributed by atoms with E-state index in [4.69, 9.17) is 0 Å². The van der Waals surface area contributed by atoms with Gasteiger partial charge in [-0.25, -0.2) is 0 Å². The first-order valence-corrected chi connectivity index (χ1v) is 3.75. The molecule has 0 aliphatic rings. The molecule has 2 N–H and O–H groups in total. The van der Waals surface area contributed by atoms with Gasteiger partial charge in [-0.05, 0) is 6.07 Å². The molecule has 1 amide bonds. The summed E-state index contributed by atoms with van der Waals surface area (Å²) in [6, 6.07) is 0.857. The number of hydrogen-bond donors (Lipinski definition) is 2. The number of H-pyrrole nitrogens is 1. The van der Waals surface area contributed by atoms with Crippen LogP contribution < -0.4 is 5.32 Å². The van der Waals surface area contributed by atoms with Gasteiger partial charge in [0.1, 0.15) is 0 Å². The van der Waals surface area contributed by atoms with E-state index in [1.54, 1.807) is 0 Å². The molecule has 14 heavy (non-hydrogen) atoms. The third-order valence-corrected chi connectivity index (χ3v) is 1.45. The quantitative estimate of drug-likeness (QED) is 0.761. The maximum Gasteiger partial charge on any atom is 0.435 e. The summed E-state index contributed by atoms with van der Waals surface area (Å²) >= 11 is 0. The van der Waals surface area contributed by atoms with E-state index in [1.165, 1.54) is 6.92 Å². The molecule has 0 aliphatic heterocycles. The van der Waals surface area contributed by atoms with Crippen LogP contribution in [0.1, 0.15) is 18.3 Å². The minimum absolute atomic E-state index is 0.0123. The van der Waals surface area contributed by atoms with Crippen molar-refractivity contribution in [3.05, 3.63) is 17.5 Å². The fraction of sp³-hybridized carbons (Fsp3) is 0.429. The summed E-state index contributed by atoms with van der Waals surface area (Å²) in [4.78, 5) is 10.5. The molecule has 0 radical (unpaired) electrons. The van der Waals surface area contributed by atoms with Crippen molar-refractivity contribution in [1.82, 2.24) is 15.5 Å². The number of nitrogens with one attached hydrogen (secondary N) is 2. The molecule has 0 bridgehead atoms. The van der Waals surface area contributed by atoms with E-state index in [1.807, 2.05) is 0 Å². The highest BCUT2D eigenvalue weighted by Gasteiger charge is 2.33. The number of halogens is 3. The van der Waals surface area contributed by atoms with Gasteiger partial charge in [-0.2, -0.15) is 18.3 Å². The zero-order chi connectivity index (χ0) is 10.8. The van der Waals surface area contributed by atoms with E-state index in [9.17, 15) is 18.0 Å². The highest BCUT2D eigenvalue weighted by molar-refractivity contribution is 5.72. The standard InChI is InChI=1S/C7H8F3N3O/c1-4(14)11-3-5-2-6(13-12-5)7(8,9)10/h2H,3H2,1H3,(H,11,14)(H,12,13). The van der Waals surface area contributed by atoms with E-state index in [-0.39, 0.29) is 18.1 Å². The summed E-state index contributed by atoms with van der Waals surface area (Å²) < 4.78 is 36.1. The first kappa shape index (κ1) is 10.6. The lowest BCUT2D eigenvalue weighted by atomic mass is 10.3. The lowest BCUT2D eigenvalue weighted by Crippen LogP contribution is -2.19. The summed E-state index contributed by atoms with van der Waals surface area (Å²) in [5, 5.41) is 7.60. The second-order valence-corrected chi connectivity index (χ2v) is 2.69. The van der Waals surface area contributed by atoms with Crippen molar-refractivity contribution in [3.8, 4) is 0 Å². The molecule has 0 fully saturated rings. The molecule has 0 unspecified atom stereocenters. The van der Waals surface area contributed by atoms with Crippen molar-refractivity contribution in [2.75, 3.05) is 0 Å². The molecule has 4 nitrogen and oxygen atoms in total. The van der Waals surface area contributed by atoms with Gasteiger partial charge in [0.2, 0.25) is 5.91 Å². The largest absolute Gasteiger partial charge is 0.435 e. The van der Waals surface area contributed by atoms with Crippen LogP contribution in [0.3, 0.4) is 0 Å². The molecule has 0 atom stereocenters. The van der Waals surface area contributed by atoms with Gasteiger partial charge in [0.25, 0.3) is 0 Å². The Bertz CT molecular complexity index is 331. The Labute approximate surface area is 77.5 Å². The second kappa shape index (κ2) is 3.69. The van der Waals surface area contributed by atoms with Crippen LogP contribution in [0, 0.1) is 0 Å². The van der Waals surface area contributed by atoms with Crippen LogP contribution in [0.2, 0.25) is 0 Å². The fourth-order valence-electron chi connectivity index (χ4n) is 0.817. The number of hydrogen-bond acceptors (Lipinski definition) is 2. The normalized spacial score (nSPS) is 11.4. The first-order chi connectivity index (χ1) is 6.39. The Kier molecular flexibility index (Phi) is 2.78. The monoisotopic (exact) mass is 207 g/mol. The number of carbonyl (C=O) groups is 1. The topological polar surface area (TPSA) is 57.8 Å². The molecular weight excluding hydrogens is 199 g/mol. The zero-order valence-corrected chi connectivity index (χ0v) is 7.27. The van der Waals surface area contributed by atoms with Crippen molar-refractivity contribution in [1.29, 1.82) is 0 Å². The Balaban J connectivity index is 2.64. The van der Waals surface area contributed by atoms with E-state index in [0.29, 0.717) is 0 Å². The molecule has 78 valence electrons. The van der Waals surface area contributed by atoms with Crippen LogP contribution in [0.25, 0.3) is 0 Å². The third kappa shape index (κ3) is 2.75. The van der Waals surface area contributed by atoms with Crippen LogP contribution >= 0.6 is 0 Å². The average molecular weight is 207 g/mol. The molecule has 0 saturated heterocycles. The van der Waals surface area contributed by atoms with Gasteiger partial charge in [0, 0.05) is 6.92 Å². The van der Waals surface area contributed by atoms with Crippen molar-refractivity contribution >= 4 is 5.91 Å².